The number of rotatable bonds is 13. The quantitative estimate of drug-likeness (QED) is 0.0690. The summed E-state index contributed by atoms with van der Waals surface area (Å²) in [6.07, 6.45) is -8.02. The lowest BCUT2D eigenvalue weighted by atomic mass is 9.73. The van der Waals surface area contributed by atoms with Crippen LogP contribution in [-0.2, 0) is 52.3 Å². The molecule has 18 atom stereocenters. The van der Waals surface area contributed by atoms with Crippen molar-refractivity contribution in [2.24, 2.45) is 28.8 Å². The molecule has 4 heterocycles. The second-order valence-corrected chi connectivity index (χ2v) is 17.3. The molecule has 4 N–H and O–H groups in total. The van der Waals surface area contributed by atoms with Crippen LogP contribution in [0.4, 0.5) is 0 Å². The first-order chi connectivity index (χ1) is 26.6. The van der Waals surface area contributed by atoms with Gasteiger partial charge in [0.2, 0.25) is 12.6 Å². The van der Waals surface area contributed by atoms with Gasteiger partial charge in [-0.3, -0.25) is 4.79 Å². The van der Waals surface area contributed by atoms with E-state index in [1.165, 1.54) is 6.92 Å². The monoisotopic (exact) mass is 820 g/mol. The third-order valence-electron chi connectivity index (χ3n) is 12.4. The Balaban J connectivity index is 1.82. The maximum Gasteiger partial charge on any atom is 0.311 e. The Morgan fingerprint density at radius 1 is 0.947 bits per heavy atom. The molecule has 4 saturated heterocycles. The number of fused-ring (bicyclic) bond motifs is 1. The van der Waals surface area contributed by atoms with Gasteiger partial charge in [-0.15, -0.1) is 0 Å². The van der Waals surface area contributed by atoms with Crippen LogP contribution in [0.2, 0.25) is 0 Å². The Hall–Kier alpha value is -1.58. The Labute approximate surface area is 338 Å². The average molecular weight is 821 g/mol. The van der Waals surface area contributed by atoms with Gasteiger partial charge in [-0.1, -0.05) is 32.9 Å². The average Bonchev–Trinajstić information content (AvgIpc) is 3.89. The molecule has 4 aliphatic rings. The number of esters is 1. The van der Waals surface area contributed by atoms with E-state index in [9.17, 15) is 25.2 Å². The maximum atomic E-state index is 14.3. The molecule has 0 saturated carbocycles. The van der Waals surface area contributed by atoms with Crippen molar-refractivity contribution in [1.29, 1.82) is 0 Å². The predicted molar refractivity (Wildman–Crippen MR) is 206 cm³/mol. The fourth-order valence-corrected chi connectivity index (χ4v) is 9.06. The van der Waals surface area contributed by atoms with E-state index in [0.29, 0.717) is 18.7 Å². The summed E-state index contributed by atoms with van der Waals surface area (Å²) >= 11 is 0. The number of hydrogen-bond acceptors (Lipinski definition) is 17. The summed E-state index contributed by atoms with van der Waals surface area (Å²) in [5.41, 5.74) is -3.37. The minimum atomic E-state index is -1.95. The minimum absolute atomic E-state index is 0.00850. The second kappa shape index (κ2) is 19.9. The first kappa shape index (κ1) is 48.1. The smallest absolute Gasteiger partial charge is 0.311 e. The van der Waals surface area contributed by atoms with Crippen molar-refractivity contribution in [1.82, 2.24) is 4.90 Å². The lowest BCUT2D eigenvalue weighted by molar-refractivity contribution is -0.307. The molecule has 4 fully saturated rings. The number of hydrogen-bond donors (Lipinski definition) is 4. The molecule has 0 aromatic rings. The van der Waals surface area contributed by atoms with Gasteiger partial charge in [0, 0.05) is 38.0 Å². The van der Waals surface area contributed by atoms with Gasteiger partial charge in [0.25, 0.3) is 0 Å². The Morgan fingerprint density at radius 2 is 1.63 bits per heavy atom. The number of carbonyl (C=O) groups is 1. The van der Waals surface area contributed by atoms with Crippen molar-refractivity contribution in [3.8, 4) is 0 Å². The van der Waals surface area contributed by atoms with Crippen molar-refractivity contribution in [2.45, 2.75) is 172 Å². The normalized spacial score (nSPS) is 46.9. The van der Waals surface area contributed by atoms with Crippen LogP contribution in [0.5, 0.6) is 0 Å². The fraction of sp³-hybridized carbons (Fsp3) is 0.950. The zero-order chi connectivity index (χ0) is 42.6. The summed E-state index contributed by atoms with van der Waals surface area (Å²) in [5.74, 6) is -4.90. The number of aliphatic hydroxyl groups is 4. The molecular formula is C40H72N2O15. The lowest BCUT2D eigenvalue weighted by Crippen LogP contribution is -2.60. The van der Waals surface area contributed by atoms with Gasteiger partial charge in [0.05, 0.1) is 67.4 Å². The van der Waals surface area contributed by atoms with Crippen LogP contribution < -0.4 is 0 Å². The van der Waals surface area contributed by atoms with Crippen LogP contribution in [0.1, 0.15) is 88.0 Å². The highest BCUT2D eigenvalue weighted by atomic mass is 16.8. The van der Waals surface area contributed by atoms with Gasteiger partial charge in [0.15, 0.2) is 12.6 Å². The molecule has 0 aromatic carbocycles. The van der Waals surface area contributed by atoms with Gasteiger partial charge in [0.1, 0.15) is 23.9 Å². The highest BCUT2D eigenvalue weighted by molar-refractivity contribution is 5.88. The fourth-order valence-electron chi connectivity index (χ4n) is 9.06. The van der Waals surface area contributed by atoms with E-state index in [-0.39, 0.29) is 57.0 Å². The largest absolute Gasteiger partial charge is 0.459 e. The van der Waals surface area contributed by atoms with Crippen LogP contribution in [0.15, 0.2) is 5.16 Å². The molecule has 8 unspecified atom stereocenters. The van der Waals surface area contributed by atoms with E-state index in [0.717, 1.165) is 0 Å². The van der Waals surface area contributed by atoms with E-state index in [1.807, 2.05) is 39.8 Å². The molecule has 0 bridgehead atoms. The van der Waals surface area contributed by atoms with E-state index >= 15 is 0 Å². The van der Waals surface area contributed by atoms with E-state index in [1.54, 1.807) is 48.8 Å². The number of aliphatic hydroxyl groups excluding tert-OH is 2. The molecular weight excluding hydrogens is 748 g/mol. The lowest BCUT2D eigenvalue weighted by Gasteiger charge is -2.48. The standard InChI is InChI=1S/C40H72N2O15/c1-14-28-39(9,47)33(44)23(4)30(41-51-20-50-16-15-48-12)21(2)18-38(8,46)34(56-37-31(43)27(42(10)11)17-22(3)52-37)24(5)32(25(6)36(45)54-28)55-29-19-40(49-13)35(57-40)26(7)53-29/h21-29,31-35,37,43-44,46-47H,14-20H2,1-13H3/b41-30+/t21-,22?,23+,24+,25-,26?,27?,28-,29?,31?,32+,33-,34-,35?,37?,38+,39-,40?/m1/s1. The summed E-state index contributed by atoms with van der Waals surface area (Å²) in [6.45, 7) is 15.9. The number of nitrogens with zero attached hydrogens (tertiary/aromatic N) is 2. The SMILES string of the molecule is CC[C@H]1OC(=O)[C@H](C)[C@@H](OC2CC3(OC)OC3C(C)O2)[C@H](C)[C@@H](OC2OC(C)CC(N(C)C)C2O)[C@@](C)(O)C[C@@H](C)/C(=N\OCOCCOC)[C@H](C)[C@@H](O)[C@]1(C)O. The molecule has 0 spiro atoms. The van der Waals surface area contributed by atoms with Gasteiger partial charge < -0.3 is 72.8 Å². The second-order valence-electron chi connectivity index (χ2n) is 17.3. The van der Waals surface area contributed by atoms with Crippen molar-refractivity contribution < 1.29 is 72.7 Å². The van der Waals surface area contributed by atoms with Crippen LogP contribution in [0.3, 0.4) is 0 Å². The minimum Gasteiger partial charge on any atom is -0.459 e. The Bertz CT molecular complexity index is 1320. The van der Waals surface area contributed by atoms with Crippen LogP contribution in [0.25, 0.3) is 0 Å². The number of epoxide rings is 1. The highest BCUT2D eigenvalue weighted by Gasteiger charge is 2.65. The summed E-state index contributed by atoms with van der Waals surface area (Å²) in [6, 6.07) is -0.311. The van der Waals surface area contributed by atoms with Gasteiger partial charge in [-0.05, 0) is 68.0 Å². The van der Waals surface area contributed by atoms with Crippen molar-refractivity contribution in [3.05, 3.63) is 0 Å². The molecule has 17 nitrogen and oxygen atoms in total. The zero-order valence-corrected chi connectivity index (χ0v) is 36.3. The number of ether oxygens (including phenoxy) is 9. The first-order valence-corrected chi connectivity index (χ1v) is 20.4. The molecule has 4 aliphatic heterocycles. The molecule has 0 aliphatic carbocycles. The number of carbonyl (C=O) groups excluding carboxylic acids is 1. The third-order valence-corrected chi connectivity index (χ3v) is 12.4. The van der Waals surface area contributed by atoms with Crippen molar-refractivity contribution >= 4 is 11.7 Å². The Kier molecular flexibility index (Phi) is 16.8. The molecule has 4 rings (SSSR count). The number of oxime groups is 1. The summed E-state index contributed by atoms with van der Waals surface area (Å²) in [7, 11) is 6.85. The van der Waals surface area contributed by atoms with Crippen LogP contribution >= 0.6 is 0 Å². The highest BCUT2D eigenvalue weighted by Crippen LogP contribution is 2.49. The number of methoxy groups -OCH3 is 2. The number of likely N-dealkylation sites (N-methyl/N-ethyl adjacent to an activating group) is 1. The van der Waals surface area contributed by atoms with Gasteiger partial charge in [-0.2, -0.15) is 0 Å². The Morgan fingerprint density at radius 3 is 2.25 bits per heavy atom. The molecule has 17 heteroatoms. The molecule has 0 aromatic heterocycles. The van der Waals surface area contributed by atoms with Crippen molar-refractivity contribution in [3.63, 3.8) is 0 Å². The third kappa shape index (κ3) is 11.0. The van der Waals surface area contributed by atoms with Gasteiger partial charge in [-0.25, -0.2) is 0 Å². The first-order valence-electron chi connectivity index (χ1n) is 20.4. The summed E-state index contributed by atoms with van der Waals surface area (Å²) in [5, 5.41) is 52.5. The van der Waals surface area contributed by atoms with Crippen LogP contribution in [0, 0.1) is 23.7 Å². The number of cyclic esters (lactones) is 1. The van der Waals surface area contributed by atoms with E-state index < -0.39 is 89.7 Å². The molecule has 332 valence electrons. The van der Waals surface area contributed by atoms with E-state index in [2.05, 4.69) is 5.16 Å². The topological polar surface area (TPSA) is 209 Å². The molecule has 57 heavy (non-hydrogen) atoms. The van der Waals surface area contributed by atoms with Crippen molar-refractivity contribution in [2.75, 3.05) is 48.3 Å². The maximum absolute atomic E-state index is 14.3. The zero-order valence-electron chi connectivity index (χ0n) is 36.3. The summed E-state index contributed by atoms with van der Waals surface area (Å²) in [4.78, 5) is 21.8. The van der Waals surface area contributed by atoms with Gasteiger partial charge >= 0.3 is 5.97 Å². The van der Waals surface area contributed by atoms with E-state index in [4.69, 9.17) is 47.5 Å². The predicted octanol–water partition coefficient (Wildman–Crippen LogP) is 2.19. The van der Waals surface area contributed by atoms with Crippen LogP contribution in [-0.4, -0.2) is 170 Å². The summed E-state index contributed by atoms with van der Waals surface area (Å²) < 4.78 is 54.1. The molecule has 0 radical (unpaired) electrons. The molecule has 0 amide bonds.